The predicted octanol–water partition coefficient (Wildman–Crippen LogP) is 4.25. The molecule has 0 saturated carbocycles. The Morgan fingerprint density at radius 2 is 2.08 bits per heavy atom. The Morgan fingerprint density at radius 1 is 1.58 bits per heavy atom. The van der Waals surface area contributed by atoms with E-state index in [4.69, 9.17) is 16.3 Å². The molecule has 0 aliphatic heterocycles. The standard InChI is InChI=1S/C8H11ClI2O/c1-6(10)7(11)4-8(2,3)12-5-9/h4H,1,5H2,2-3H3/b7-4+. The van der Waals surface area contributed by atoms with Crippen LogP contribution in [0.25, 0.3) is 0 Å². The molecule has 0 aromatic rings. The van der Waals surface area contributed by atoms with Gasteiger partial charge in [-0.25, -0.2) is 0 Å². The van der Waals surface area contributed by atoms with Crippen molar-refractivity contribution < 1.29 is 4.74 Å². The molecule has 0 aromatic heterocycles. The normalized spacial score (nSPS) is 13.2. The lowest BCUT2D eigenvalue weighted by atomic mass is 10.1. The molecular formula is C8H11ClI2O. The third-order valence-electron chi connectivity index (χ3n) is 1.16. The van der Waals surface area contributed by atoms with Gasteiger partial charge in [-0.15, -0.1) is 0 Å². The molecule has 0 rings (SSSR count). The Kier molecular flexibility index (Phi) is 6.40. The molecule has 0 spiro atoms. The first-order valence-corrected chi connectivity index (χ1v) is 6.01. The van der Waals surface area contributed by atoms with Crippen LogP contribution in [-0.2, 0) is 4.74 Å². The van der Waals surface area contributed by atoms with Gasteiger partial charge in [0.05, 0.1) is 5.60 Å². The maximum absolute atomic E-state index is 5.47. The molecule has 4 heteroatoms. The summed E-state index contributed by atoms with van der Waals surface area (Å²) in [6.45, 7) is 7.75. The lowest BCUT2D eigenvalue weighted by molar-refractivity contribution is 0.0510. The fourth-order valence-electron chi connectivity index (χ4n) is 0.566. The number of ether oxygens (including phenoxy) is 1. The van der Waals surface area contributed by atoms with Gasteiger partial charge in [-0.2, -0.15) is 0 Å². The van der Waals surface area contributed by atoms with Crippen molar-refractivity contribution >= 4 is 56.8 Å². The van der Waals surface area contributed by atoms with Crippen molar-refractivity contribution in [2.75, 3.05) is 6.07 Å². The Labute approximate surface area is 106 Å². The molecule has 0 saturated heterocycles. The highest BCUT2D eigenvalue weighted by Crippen LogP contribution is 2.26. The van der Waals surface area contributed by atoms with Crippen LogP contribution < -0.4 is 0 Å². The van der Waals surface area contributed by atoms with Gasteiger partial charge in [0.25, 0.3) is 0 Å². The highest BCUT2D eigenvalue weighted by atomic mass is 127. The van der Waals surface area contributed by atoms with Crippen LogP contribution >= 0.6 is 56.8 Å². The number of hydrogen-bond donors (Lipinski definition) is 0. The zero-order chi connectivity index (χ0) is 9.78. The molecule has 12 heavy (non-hydrogen) atoms. The van der Waals surface area contributed by atoms with Crippen LogP contribution in [0.1, 0.15) is 13.8 Å². The van der Waals surface area contributed by atoms with E-state index in [0.717, 1.165) is 7.16 Å². The Bertz CT molecular complexity index is 199. The first-order valence-electron chi connectivity index (χ1n) is 3.32. The van der Waals surface area contributed by atoms with Crippen LogP contribution in [0, 0.1) is 0 Å². The topological polar surface area (TPSA) is 9.23 Å². The number of alkyl halides is 1. The molecule has 0 amide bonds. The van der Waals surface area contributed by atoms with Crippen molar-refractivity contribution in [1.29, 1.82) is 0 Å². The second-order valence-corrected chi connectivity index (χ2v) is 5.44. The second-order valence-electron chi connectivity index (χ2n) is 2.75. The SMILES string of the molecule is C=C(I)/C(I)=C\C(C)(C)OCCl. The van der Waals surface area contributed by atoms with Crippen LogP contribution in [-0.4, -0.2) is 11.7 Å². The third kappa shape index (κ3) is 5.77. The molecule has 0 heterocycles. The lowest BCUT2D eigenvalue weighted by Gasteiger charge is -2.20. The average Bonchev–Trinajstić information content (AvgIpc) is 1.85. The first-order chi connectivity index (χ1) is 5.39. The van der Waals surface area contributed by atoms with Crippen molar-refractivity contribution in [3.05, 3.63) is 19.8 Å². The smallest absolute Gasteiger partial charge is 0.122 e. The van der Waals surface area contributed by atoms with Gasteiger partial charge in [0, 0.05) is 7.16 Å². The molecule has 0 radical (unpaired) electrons. The zero-order valence-electron chi connectivity index (χ0n) is 7.03. The van der Waals surface area contributed by atoms with E-state index in [1.165, 1.54) is 0 Å². The molecule has 0 bridgehead atoms. The minimum absolute atomic E-state index is 0.209. The molecule has 70 valence electrons. The second kappa shape index (κ2) is 5.82. The van der Waals surface area contributed by atoms with Gasteiger partial charge in [0.2, 0.25) is 0 Å². The summed E-state index contributed by atoms with van der Waals surface area (Å²) in [4.78, 5) is 0. The Hall–Kier alpha value is 1.19. The summed E-state index contributed by atoms with van der Waals surface area (Å²) in [5, 5.41) is 0. The van der Waals surface area contributed by atoms with Crippen molar-refractivity contribution in [3.8, 4) is 0 Å². The average molecular weight is 412 g/mol. The van der Waals surface area contributed by atoms with Gasteiger partial charge < -0.3 is 4.74 Å². The largest absolute Gasteiger partial charge is 0.356 e. The van der Waals surface area contributed by atoms with E-state index in [2.05, 4.69) is 51.8 Å². The highest BCUT2D eigenvalue weighted by molar-refractivity contribution is 14.1. The molecule has 0 N–H and O–H groups in total. The number of allylic oxidation sites excluding steroid dienone is 2. The molecule has 0 aliphatic rings. The first kappa shape index (κ1) is 13.2. The molecule has 0 aliphatic carbocycles. The van der Waals surface area contributed by atoms with E-state index >= 15 is 0 Å². The summed E-state index contributed by atoms with van der Waals surface area (Å²) < 4.78 is 7.40. The summed E-state index contributed by atoms with van der Waals surface area (Å²) in [6.07, 6.45) is 2.00. The van der Waals surface area contributed by atoms with E-state index in [1.54, 1.807) is 0 Å². The minimum Gasteiger partial charge on any atom is -0.356 e. The number of rotatable bonds is 4. The van der Waals surface area contributed by atoms with E-state index < -0.39 is 0 Å². The van der Waals surface area contributed by atoms with Crippen LogP contribution in [0.4, 0.5) is 0 Å². The van der Waals surface area contributed by atoms with Gasteiger partial charge in [0.15, 0.2) is 0 Å². The van der Waals surface area contributed by atoms with Gasteiger partial charge in [-0.05, 0) is 65.1 Å². The quantitative estimate of drug-likeness (QED) is 0.381. The van der Waals surface area contributed by atoms with Gasteiger partial charge in [-0.3, -0.25) is 0 Å². The summed E-state index contributed by atoms with van der Waals surface area (Å²) in [7, 11) is 0. The lowest BCUT2D eigenvalue weighted by Crippen LogP contribution is -2.20. The maximum atomic E-state index is 5.47. The molecule has 0 aromatic carbocycles. The molecule has 0 fully saturated rings. The molecule has 0 atom stereocenters. The van der Waals surface area contributed by atoms with Gasteiger partial charge in [-0.1, -0.05) is 18.2 Å². The van der Waals surface area contributed by atoms with Crippen LogP contribution in [0.15, 0.2) is 19.8 Å². The number of halogens is 3. The van der Waals surface area contributed by atoms with Crippen LogP contribution in [0.5, 0.6) is 0 Å². The highest BCUT2D eigenvalue weighted by Gasteiger charge is 2.15. The van der Waals surface area contributed by atoms with Gasteiger partial charge in [0.1, 0.15) is 6.07 Å². The summed E-state index contributed by atoms with van der Waals surface area (Å²) in [5.41, 5.74) is -0.313. The predicted molar refractivity (Wildman–Crippen MR) is 71.1 cm³/mol. The van der Waals surface area contributed by atoms with E-state index in [-0.39, 0.29) is 11.7 Å². The summed E-state index contributed by atoms with van der Waals surface area (Å²) in [6, 6.07) is 0.209. The minimum atomic E-state index is -0.313. The Morgan fingerprint density at radius 3 is 2.42 bits per heavy atom. The fourth-order valence-corrected chi connectivity index (χ4v) is 1.75. The van der Waals surface area contributed by atoms with E-state index in [0.29, 0.717) is 0 Å². The molecular weight excluding hydrogens is 401 g/mol. The number of hydrogen-bond acceptors (Lipinski definition) is 1. The summed E-state index contributed by atoms with van der Waals surface area (Å²) >= 11 is 9.88. The van der Waals surface area contributed by atoms with E-state index in [1.807, 2.05) is 19.9 Å². The maximum Gasteiger partial charge on any atom is 0.122 e. The van der Waals surface area contributed by atoms with Crippen LogP contribution in [0.3, 0.4) is 0 Å². The zero-order valence-corrected chi connectivity index (χ0v) is 12.1. The molecule has 1 nitrogen and oxygen atoms in total. The molecule has 0 unspecified atom stereocenters. The monoisotopic (exact) mass is 412 g/mol. The van der Waals surface area contributed by atoms with Crippen LogP contribution in [0.2, 0.25) is 0 Å². The van der Waals surface area contributed by atoms with Crippen molar-refractivity contribution in [2.24, 2.45) is 0 Å². The van der Waals surface area contributed by atoms with Crippen molar-refractivity contribution in [2.45, 2.75) is 19.4 Å². The van der Waals surface area contributed by atoms with E-state index in [9.17, 15) is 0 Å². The third-order valence-corrected chi connectivity index (χ3v) is 3.84. The summed E-state index contributed by atoms with van der Waals surface area (Å²) in [5.74, 6) is 0. The fraction of sp³-hybridized carbons (Fsp3) is 0.500. The van der Waals surface area contributed by atoms with Crippen molar-refractivity contribution in [3.63, 3.8) is 0 Å². The van der Waals surface area contributed by atoms with Gasteiger partial charge >= 0.3 is 0 Å². The van der Waals surface area contributed by atoms with Crippen molar-refractivity contribution in [1.82, 2.24) is 0 Å². The Balaban J connectivity index is 4.38.